The lowest BCUT2D eigenvalue weighted by atomic mass is 10.2. The first-order chi connectivity index (χ1) is 7.20. The highest BCUT2D eigenvalue weighted by Crippen LogP contribution is 2.31. The number of hydrogen-bond acceptors (Lipinski definition) is 3. The Hall–Kier alpha value is -0.810. The van der Waals surface area contributed by atoms with Gasteiger partial charge in [0.2, 0.25) is 0 Å². The molecule has 5 heteroatoms. The van der Waals surface area contributed by atoms with E-state index in [1.165, 1.54) is 0 Å². The number of nitrogens with zero attached hydrogens (tertiary/aromatic N) is 1. The molecule has 0 spiro atoms. The molecular formula is C10H7Br2NO2. The van der Waals surface area contributed by atoms with Gasteiger partial charge in [-0.25, -0.2) is 0 Å². The standard InChI is InChI=1S/C10H7Br2NO2/c1-14-9-4-6(2-3-7(9)11)8-5-10(12)13-15-8/h2-5H,1H3. The van der Waals surface area contributed by atoms with E-state index in [0.29, 0.717) is 10.4 Å². The van der Waals surface area contributed by atoms with E-state index >= 15 is 0 Å². The van der Waals surface area contributed by atoms with Crippen LogP contribution in [0.5, 0.6) is 5.75 Å². The minimum Gasteiger partial charge on any atom is -0.496 e. The molecule has 1 heterocycles. The number of rotatable bonds is 2. The van der Waals surface area contributed by atoms with Gasteiger partial charge in [-0.3, -0.25) is 0 Å². The summed E-state index contributed by atoms with van der Waals surface area (Å²) in [6, 6.07) is 7.53. The van der Waals surface area contributed by atoms with Crippen LogP contribution in [0.4, 0.5) is 0 Å². The number of aromatic nitrogens is 1. The average Bonchev–Trinajstić information content (AvgIpc) is 2.66. The molecule has 0 radical (unpaired) electrons. The van der Waals surface area contributed by atoms with Crippen LogP contribution in [0.15, 0.2) is 37.9 Å². The van der Waals surface area contributed by atoms with Crippen LogP contribution in [0.2, 0.25) is 0 Å². The van der Waals surface area contributed by atoms with E-state index in [4.69, 9.17) is 9.26 Å². The van der Waals surface area contributed by atoms with Gasteiger partial charge in [-0.15, -0.1) is 0 Å². The minimum absolute atomic E-state index is 0.680. The molecule has 1 aromatic carbocycles. The predicted molar refractivity (Wildman–Crippen MR) is 63.9 cm³/mol. The van der Waals surface area contributed by atoms with Gasteiger partial charge in [0.15, 0.2) is 5.76 Å². The Morgan fingerprint density at radius 1 is 1.27 bits per heavy atom. The number of methoxy groups -OCH3 is 1. The van der Waals surface area contributed by atoms with Crippen LogP contribution in [0, 0.1) is 0 Å². The fourth-order valence-electron chi connectivity index (χ4n) is 1.20. The van der Waals surface area contributed by atoms with E-state index in [9.17, 15) is 0 Å². The lowest BCUT2D eigenvalue weighted by Crippen LogP contribution is -1.84. The maximum Gasteiger partial charge on any atom is 0.168 e. The highest BCUT2D eigenvalue weighted by molar-refractivity contribution is 9.10. The summed E-state index contributed by atoms with van der Waals surface area (Å²) in [6.07, 6.45) is 0. The lowest BCUT2D eigenvalue weighted by Gasteiger charge is -2.03. The summed E-state index contributed by atoms with van der Waals surface area (Å²) in [6.45, 7) is 0. The van der Waals surface area contributed by atoms with Gasteiger partial charge < -0.3 is 9.26 Å². The van der Waals surface area contributed by atoms with Crippen molar-refractivity contribution in [1.29, 1.82) is 0 Å². The monoisotopic (exact) mass is 331 g/mol. The Morgan fingerprint density at radius 3 is 2.67 bits per heavy atom. The van der Waals surface area contributed by atoms with Crippen molar-refractivity contribution in [2.24, 2.45) is 0 Å². The van der Waals surface area contributed by atoms with Crippen LogP contribution in [0.1, 0.15) is 0 Å². The molecule has 0 aliphatic heterocycles. The quantitative estimate of drug-likeness (QED) is 0.837. The third kappa shape index (κ3) is 2.23. The van der Waals surface area contributed by atoms with Crippen molar-refractivity contribution < 1.29 is 9.26 Å². The lowest BCUT2D eigenvalue weighted by molar-refractivity contribution is 0.410. The van der Waals surface area contributed by atoms with Gasteiger partial charge in [-0.05, 0) is 50.1 Å². The van der Waals surface area contributed by atoms with Crippen molar-refractivity contribution in [3.8, 4) is 17.1 Å². The SMILES string of the molecule is COc1cc(-c2cc(Br)no2)ccc1Br. The maximum atomic E-state index is 5.19. The molecule has 0 unspecified atom stereocenters. The van der Waals surface area contributed by atoms with Crippen molar-refractivity contribution in [3.05, 3.63) is 33.3 Å². The van der Waals surface area contributed by atoms with Gasteiger partial charge in [0.05, 0.1) is 11.6 Å². The van der Waals surface area contributed by atoms with Crippen LogP contribution in [0.3, 0.4) is 0 Å². The number of ether oxygens (including phenoxy) is 1. The second-order valence-electron chi connectivity index (χ2n) is 2.86. The Bertz CT molecular complexity index is 482. The first-order valence-electron chi connectivity index (χ1n) is 4.17. The molecule has 0 saturated carbocycles. The number of benzene rings is 1. The molecule has 0 aliphatic rings. The molecule has 15 heavy (non-hydrogen) atoms. The fourth-order valence-corrected chi connectivity index (χ4v) is 1.89. The van der Waals surface area contributed by atoms with Crippen LogP contribution in [-0.2, 0) is 0 Å². The third-order valence-corrected chi connectivity index (χ3v) is 2.95. The second-order valence-corrected chi connectivity index (χ2v) is 4.53. The normalized spacial score (nSPS) is 10.3. The maximum absolute atomic E-state index is 5.19. The van der Waals surface area contributed by atoms with Gasteiger partial charge in [-0.1, -0.05) is 5.16 Å². The Kier molecular flexibility index (Phi) is 3.11. The van der Waals surface area contributed by atoms with Gasteiger partial charge >= 0.3 is 0 Å². The molecule has 2 rings (SSSR count). The Morgan fingerprint density at radius 2 is 2.07 bits per heavy atom. The topological polar surface area (TPSA) is 35.3 Å². The van der Waals surface area contributed by atoms with Crippen LogP contribution < -0.4 is 4.74 Å². The zero-order chi connectivity index (χ0) is 10.8. The molecule has 0 atom stereocenters. The predicted octanol–water partition coefficient (Wildman–Crippen LogP) is 3.88. The summed E-state index contributed by atoms with van der Waals surface area (Å²) >= 11 is 6.62. The third-order valence-electron chi connectivity index (χ3n) is 1.92. The first-order valence-corrected chi connectivity index (χ1v) is 5.75. The fraction of sp³-hybridized carbons (Fsp3) is 0.100. The molecular weight excluding hydrogens is 326 g/mol. The van der Waals surface area contributed by atoms with Crippen molar-refractivity contribution >= 4 is 31.9 Å². The van der Waals surface area contributed by atoms with E-state index in [1.54, 1.807) is 7.11 Å². The summed E-state index contributed by atoms with van der Waals surface area (Å²) < 4.78 is 11.9. The zero-order valence-electron chi connectivity index (χ0n) is 7.83. The van der Waals surface area contributed by atoms with Crippen molar-refractivity contribution in [2.75, 3.05) is 7.11 Å². The van der Waals surface area contributed by atoms with E-state index in [2.05, 4.69) is 37.0 Å². The highest BCUT2D eigenvalue weighted by Gasteiger charge is 2.08. The molecule has 0 fully saturated rings. The van der Waals surface area contributed by atoms with E-state index < -0.39 is 0 Å². The minimum atomic E-state index is 0.680. The molecule has 3 nitrogen and oxygen atoms in total. The van der Waals surface area contributed by atoms with Crippen LogP contribution in [-0.4, -0.2) is 12.3 Å². The van der Waals surface area contributed by atoms with Gasteiger partial charge in [0.25, 0.3) is 0 Å². The van der Waals surface area contributed by atoms with E-state index in [1.807, 2.05) is 24.3 Å². The largest absolute Gasteiger partial charge is 0.496 e. The molecule has 0 N–H and O–H groups in total. The molecule has 0 aliphatic carbocycles. The molecule has 2 aromatic rings. The smallest absolute Gasteiger partial charge is 0.168 e. The molecule has 1 aromatic heterocycles. The average molecular weight is 333 g/mol. The van der Waals surface area contributed by atoms with E-state index in [-0.39, 0.29) is 0 Å². The van der Waals surface area contributed by atoms with Gasteiger partial charge in [0.1, 0.15) is 10.4 Å². The van der Waals surface area contributed by atoms with Crippen molar-refractivity contribution in [3.63, 3.8) is 0 Å². The van der Waals surface area contributed by atoms with E-state index in [0.717, 1.165) is 15.8 Å². The summed E-state index contributed by atoms with van der Waals surface area (Å²) in [5.41, 5.74) is 0.924. The summed E-state index contributed by atoms with van der Waals surface area (Å²) in [4.78, 5) is 0. The Labute approximate surface area is 104 Å². The number of halogens is 2. The van der Waals surface area contributed by atoms with Gasteiger partial charge in [0, 0.05) is 11.6 Å². The highest BCUT2D eigenvalue weighted by atomic mass is 79.9. The van der Waals surface area contributed by atoms with Gasteiger partial charge in [-0.2, -0.15) is 0 Å². The number of hydrogen-bond donors (Lipinski definition) is 0. The second kappa shape index (κ2) is 4.37. The van der Waals surface area contributed by atoms with Crippen molar-refractivity contribution in [1.82, 2.24) is 5.16 Å². The summed E-state index contributed by atoms with van der Waals surface area (Å²) in [7, 11) is 1.63. The zero-order valence-corrected chi connectivity index (χ0v) is 11.0. The summed E-state index contributed by atoms with van der Waals surface area (Å²) in [5, 5.41) is 3.76. The Balaban J connectivity index is 2.45. The van der Waals surface area contributed by atoms with Crippen molar-refractivity contribution in [2.45, 2.75) is 0 Å². The molecule has 0 amide bonds. The molecule has 78 valence electrons. The molecule has 0 bridgehead atoms. The van der Waals surface area contributed by atoms with Crippen LogP contribution in [0.25, 0.3) is 11.3 Å². The first kappa shape index (κ1) is 10.7. The summed E-state index contributed by atoms with van der Waals surface area (Å²) in [5.74, 6) is 1.47. The molecule has 0 saturated heterocycles. The van der Waals surface area contributed by atoms with Crippen LogP contribution >= 0.6 is 31.9 Å².